The molecule has 1 saturated heterocycles. The number of benzene rings is 1. The van der Waals surface area contributed by atoms with E-state index in [0.717, 1.165) is 30.8 Å². The van der Waals surface area contributed by atoms with Crippen molar-refractivity contribution >= 4 is 5.95 Å². The third-order valence-corrected chi connectivity index (χ3v) is 3.75. The molecule has 0 spiro atoms. The van der Waals surface area contributed by atoms with Crippen LogP contribution in [0, 0.1) is 12.8 Å². The molecule has 0 saturated carbocycles. The van der Waals surface area contributed by atoms with Crippen LogP contribution in [0.5, 0.6) is 0 Å². The minimum absolute atomic E-state index is 0.690. The fourth-order valence-electron chi connectivity index (χ4n) is 2.44. The molecular weight excluding hydrogens is 248 g/mol. The standard InChI is InChI=1S/C16H20N4/c1-12-2-4-14(5-3-12)15-10-19-16(20-11-15)18-9-13-6-7-17-8-13/h2-5,10-11,13,17H,6-9H2,1H3,(H,18,19,20). The zero-order valence-electron chi connectivity index (χ0n) is 11.8. The molecule has 2 aromatic rings. The second kappa shape index (κ2) is 6.01. The van der Waals surface area contributed by atoms with Gasteiger partial charge >= 0.3 is 0 Å². The predicted octanol–water partition coefficient (Wildman–Crippen LogP) is 2.47. The SMILES string of the molecule is Cc1ccc(-c2cnc(NCC3CCNC3)nc2)cc1. The van der Waals surface area contributed by atoms with E-state index in [1.807, 2.05) is 12.4 Å². The Kier molecular flexibility index (Phi) is 3.92. The zero-order valence-corrected chi connectivity index (χ0v) is 11.8. The molecule has 0 radical (unpaired) electrons. The fourth-order valence-corrected chi connectivity index (χ4v) is 2.44. The summed E-state index contributed by atoms with van der Waals surface area (Å²) in [6.45, 7) is 5.25. The molecule has 1 atom stereocenters. The maximum absolute atomic E-state index is 4.40. The van der Waals surface area contributed by atoms with Gasteiger partial charge in [-0.3, -0.25) is 0 Å². The molecule has 1 unspecified atom stereocenters. The van der Waals surface area contributed by atoms with Crippen LogP contribution in [0.4, 0.5) is 5.95 Å². The highest BCUT2D eigenvalue weighted by atomic mass is 15.1. The molecule has 1 fully saturated rings. The summed E-state index contributed by atoms with van der Waals surface area (Å²) in [5, 5.41) is 6.68. The number of nitrogens with one attached hydrogen (secondary N) is 2. The molecule has 0 amide bonds. The Labute approximate surface area is 119 Å². The lowest BCUT2D eigenvalue weighted by Crippen LogP contribution is -2.18. The Morgan fingerprint density at radius 3 is 2.55 bits per heavy atom. The average molecular weight is 268 g/mol. The van der Waals surface area contributed by atoms with Crippen molar-refractivity contribution in [1.82, 2.24) is 15.3 Å². The highest BCUT2D eigenvalue weighted by Gasteiger charge is 2.14. The van der Waals surface area contributed by atoms with Crippen LogP contribution in [0.25, 0.3) is 11.1 Å². The van der Waals surface area contributed by atoms with E-state index in [0.29, 0.717) is 11.9 Å². The van der Waals surface area contributed by atoms with Gasteiger partial charge in [-0.25, -0.2) is 9.97 Å². The van der Waals surface area contributed by atoms with E-state index in [1.54, 1.807) is 0 Å². The first-order valence-electron chi connectivity index (χ1n) is 7.15. The minimum atomic E-state index is 0.690. The monoisotopic (exact) mass is 268 g/mol. The molecule has 4 heteroatoms. The van der Waals surface area contributed by atoms with Crippen LogP contribution in [-0.4, -0.2) is 29.6 Å². The van der Waals surface area contributed by atoms with Gasteiger partial charge in [-0.1, -0.05) is 29.8 Å². The molecule has 0 aliphatic carbocycles. The largest absolute Gasteiger partial charge is 0.354 e. The molecule has 104 valence electrons. The first kappa shape index (κ1) is 13.1. The van der Waals surface area contributed by atoms with E-state index in [9.17, 15) is 0 Å². The molecule has 0 bridgehead atoms. The second-order valence-electron chi connectivity index (χ2n) is 5.40. The van der Waals surface area contributed by atoms with Gasteiger partial charge in [0.1, 0.15) is 0 Å². The summed E-state index contributed by atoms with van der Waals surface area (Å²) in [6.07, 6.45) is 4.99. The second-order valence-corrected chi connectivity index (χ2v) is 5.40. The quantitative estimate of drug-likeness (QED) is 0.894. The molecule has 1 aromatic carbocycles. The van der Waals surface area contributed by atoms with Crippen molar-refractivity contribution in [3.63, 3.8) is 0 Å². The molecule has 1 aliphatic heterocycles. The molecule has 20 heavy (non-hydrogen) atoms. The molecule has 2 N–H and O–H groups in total. The van der Waals surface area contributed by atoms with Gasteiger partial charge in [-0.15, -0.1) is 0 Å². The summed E-state index contributed by atoms with van der Waals surface area (Å²) in [5.41, 5.74) is 3.47. The Balaban J connectivity index is 1.63. The number of nitrogens with zero attached hydrogens (tertiary/aromatic N) is 2. The van der Waals surface area contributed by atoms with Crippen LogP contribution in [0.3, 0.4) is 0 Å². The number of hydrogen-bond acceptors (Lipinski definition) is 4. The van der Waals surface area contributed by atoms with Crippen molar-refractivity contribution in [3.05, 3.63) is 42.2 Å². The van der Waals surface area contributed by atoms with Gasteiger partial charge in [-0.2, -0.15) is 0 Å². The summed E-state index contributed by atoms with van der Waals surface area (Å²) in [7, 11) is 0. The van der Waals surface area contributed by atoms with Gasteiger partial charge in [0.2, 0.25) is 5.95 Å². The summed E-state index contributed by atoms with van der Waals surface area (Å²) in [6, 6.07) is 8.42. The lowest BCUT2D eigenvalue weighted by Gasteiger charge is -2.10. The van der Waals surface area contributed by atoms with Crippen molar-refractivity contribution in [1.29, 1.82) is 0 Å². The summed E-state index contributed by atoms with van der Waals surface area (Å²) in [5.74, 6) is 1.41. The normalized spacial score (nSPS) is 18.1. The minimum Gasteiger partial charge on any atom is -0.354 e. The van der Waals surface area contributed by atoms with Crippen LogP contribution < -0.4 is 10.6 Å². The summed E-state index contributed by atoms with van der Waals surface area (Å²) >= 11 is 0. The van der Waals surface area contributed by atoms with Crippen molar-refractivity contribution in [2.45, 2.75) is 13.3 Å². The summed E-state index contributed by atoms with van der Waals surface area (Å²) in [4.78, 5) is 8.79. The molecule has 2 heterocycles. The first-order chi connectivity index (χ1) is 9.81. The van der Waals surface area contributed by atoms with Crippen LogP contribution in [0.15, 0.2) is 36.7 Å². The van der Waals surface area contributed by atoms with Gasteiger partial charge in [-0.05, 0) is 37.9 Å². The number of rotatable bonds is 4. The third-order valence-electron chi connectivity index (χ3n) is 3.75. The lowest BCUT2D eigenvalue weighted by atomic mass is 10.1. The van der Waals surface area contributed by atoms with Crippen LogP contribution in [0.2, 0.25) is 0 Å². The van der Waals surface area contributed by atoms with Gasteiger partial charge in [0.25, 0.3) is 0 Å². The molecule has 1 aromatic heterocycles. The van der Waals surface area contributed by atoms with E-state index in [-0.39, 0.29) is 0 Å². The highest BCUT2D eigenvalue weighted by Crippen LogP contribution is 2.18. The van der Waals surface area contributed by atoms with E-state index < -0.39 is 0 Å². The lowest BCUT2D eigenvalue weighted by molar-refractivity contribution is 0.613. The topological polar surface area (TPSA) is 49.8 Å². The van der Waals surface area contributed by atoms with Crippen LogP contribution in [-0.2, 0) is 0 Å². The van der Waals surface area contributed by atoms with Crippen molar-refractivity contribution in [2.75, 3.05) is 25.0 Å². The Bertz CT molecular complexity index is 542. The average Bonchev–Trinajstić information content (AvgIpc) is 3.00. The Morgan fingerprint density at radius 1 is 1.15 bits per heavy atom. The maximum Gasteiger partial charge on any atom is 0.222 e. The molecule has 3 rings (SSSR count). The number of aromatic nitrogens is 2. The smallest absolute Gasteiger partial charge is 0.222 e. The van der Waals surface area contributed by atoms with Crippen molar-refractivity contribution < 1.29 is 0 Å². The molecular formula is C16H20N4. The Morgan fingerprint density at radius 2 is 1.90 bits per heavy atom. The van der Waals surface area contributed by atoms with Gasteiger partial charge in [0.05, 0.1) is 0 Å². The van der Waals surface area contributed by atoms with E-state index >= 15 is 0 Å². The van der Waals surface area contributed by atoms with E-state index in [2.05, 4.69) is 51.8 Å². The molecule has 1 aliphatic rings. The number of anilines is 1. The van der Waals surface area contributed by atoms with Crippen LogP contribution >= 0.6 is 0 Å². The Hall–Kier alpha value is -1.94. The van der Waals surface area contributed by atoms with E-state index in [4.69, 9.17) is 0 Å². The summed E-state index contributed by atoms with van der Waals surface area (Å²) < 4.78 is 0. The maximum atomic E-state index is 4.40. The van der Waals surface area contributed by atoms with Crippen molar-refractivity contribution in [3.8, 4) is 11.1 Å². The van der Waals surface area contributed by atoms with Crippen LogP contribution in [0.1, 0.15) is 12.0 Å². The number of aryl methyl sites for hydroxylation is 1. The first-order valence-corrected chi connectivity index (χ1v) is 7.15. The number of hydrogen-bond donors (Lipinski definition) is 2. The van der Waals surface area contributed by atoms with Gasteiger partial charge in [0.15, 0.2) is 0 Å². The zero-order chi connectivity index (χ0) is 13.8. The predicted molar refractivity (Wildman–Crippen MR) is 81.7 cm³/mol. The fraction of sp³-hybridized carbons (Fsp3) is 0.375. The van der Waals surface area contributed by atoms with E-state index in [1.165, 1.54) is 12.0 Å². The van der Waals surface area contributed by atoms with Crippen molar-refractivity contribution in [2.24, 2.45) is 5.92 Å². The van der Waals surface area contributed by atoms with Gasteiger partial charge < -0.3 is 10.6 Å². The highest BCUT2D eigenvalue weighted by molar-refractivity contribution is 5.62. The molecule has 4 nitrogen and oxygen atoms in total. The van der Waals surface area contributed by atoms with Gasteiger partial charge in [0, 0.05) is 24.5 Å². The third kappa shape index (κ3) is 3.14.